The Labute approximate surface area is 160 Å². The van der Waals surface area contributed by atoms with E-state index >= 15 is 0 Å². The predicted octanol–water partition coefficient (Wildman–Crippen LogP) is 3.94. The predicted molar refractivity (Wildman–Crippen MR) is 101 cm³/mol. The van der Waals surface area contributed by atoms with Crippen molar-refractivity contribution < 1.29 is 14.0 Å². The summed E-state index contributed by atoms with van der Waals surface area (Å²) in [4.78, 5) is 26.3. The van der Waals surface area contributed by atoms with E-state index in [0.29, 0.717) is 20.6 Å². The van der Waals surface area contributed by atoms with Gasteiger partial charge in [-0.3, -0.25) is 19.8 Å². The maximum absolute atomic E-state index is 12.8. The second-order valence-corrected chi connectivity index (χ2v) is 7.03. The maximum atomic E-state index is 12.8. The normalized spacial score (nSPS) is 16.7. The number of amides is 2. The number of thiocarbonyl (C=S) groups is 1. The van der Waals surface area contributed by atoms with E-state index in [1.54, 1.807) is 12.1 Å². The van der Waals surface area contributed by atoms with Crippen LogP contribution in [0.5, 0.6) is 0 Å². The number of nitrogens with zero attached hydrogens (tertiary/aromatic N) is 1. The molecule has 2 amide bonds. The maximum Gasteiger partial charge on any atom is 0.270 e. The van der Waals surface area contributed by atoms with Crippen molar-refractivity contribution >= 4 is 72.8 Å². The number of furan rings is 1. The fourth-order valence-electron chi connectivity index (χ4n) is 2.24. The number of aryl methyl sites for hydroxylation is 1. The van der Waals surface area contributed by atoms with Crippen molar-refractivity contribution in [3.8, 4) is 0 Å². The number of hydrogen-bond acceptors (Lipinski definition) is 4. The Morgan fingerprint density at radius 2 is 2.00 bits per heavy atom. The van der Waals surface area contributed by atoms with E-state index in [1.165, 1.54) is 11.0 Å². The largest absolute Gasteiger partial charge is 0.449 e. The molecule has 122 valence electrons. The lowest BCUT2D eigenvalue weighted by molar-refractivity contribution is -0.122. The smallest absolute Gasteiger partial charge is 0.270 e. The van der Waals surface area contributed by atoms with Gasteiger partial charge in [0.15, 0.2) is 9.78 Å². The zero-order chi connectivity index (χ0) is 17.4. The van der Waals surface area contributed by atoms with Crippen LogP contribution in [0.2, 0.25) is 0 Å². The number of benzene rings is 1. The molecule has 1 N–H and O–H groups in total. The third-order valence-corrected chi connectivity index (χ3v) is 5.31. The molecule has 1 aromatic carbocycles. The van der Waals surface area contributed by atoms with Crippen LogP contribution < -0.4 is 10.2 Å². The van der Waals surface area contributed by atoms with Gasteiger partial charge in [-0.25, -0.2) is 0 Å². The second-order valence-electron chi connectivity index (χ2n) is 5.07. The van der Waals surface area contributed by atoms with Gasteiger partial charge < -0.3 is 4.42 Å². The number of halogens is 2. The van der Waals surface area contributed by atoms with E-state index in [9.17, 15) is 9.59 Å². The average Bonchev–Trinajstić information content (AvgIpc) is 2.82. The molecule has 0 saturated carbocycles. The lowest BCUT2D eigenvalue weighted by Crippen LogP contribution is -2.54. The molecule has 0 spiro atoms. The van der Waals surface area contributed by atoms with Crippen molar-refractivity contribution in [2.45, 2.75) is 6.92 Å². The Morgan fingerprint density at radius 1 is 1.25 bits per heavy atom. The fraction of sp³-hybridized carbons (Fsp3) is 0.0625. The van der Waals surface area contributed by atoms with Gasteiger partial charge in [-0.15, -0.1) is 0 Å². The molecule has 1 fully saturated rings. The monoisotopic (exact) mass is 468 g/mol. The molecule has 8 heteroatoms. The summed E-state index contributed by atoms with van der Waals surface area (Å²) in [5.74, 6) is -0.695. The van der Waals surface area contributed by atoms with Crippen LogP contribution in [-0.2, 0) is 9.59 Å². The van der Waals surface area contributed by atoms with E-state index in [2.05, 4.69) is 37.2 Å². The van der Waals surface area contributed by atoms with Crippen molar-refractivity contribution in [1.82, 2.24) is 5.32 Å². The quantitative estimate of drug-likeness (QED) is 0.411. The highest BCUT2D eigenvalue weighted by atomic mass is 79.9. The molecule has 0 radical (unpaired) electrons. The summed E-state index contributed by atoms with van der Waals surface area (Å²) in [5.41, 5.74) is 1.51. The lowest BCUT2D eigenvalue weighted by Gasteiger charge is -2.28. The first-order chi connectivity index (χ1) is 11.4. The fourth-order valence-corrected chi connectivity index (χ4v) is 3.12. The van der Waals surface area contributed by atoms with E-state index < -0.39 is 11.8 Å². The van der Waals surface area contributed by atoms with Crippen LogP contribution in [0.4, 0.5) is 5.69 Å². The van der Waals surface area contributed by atoms with Crippen LogP contribution >= 0.6 is 44.1 Å². The van der Waals surface area contributed by atoms with Gasteiger partial charge in [-0.1, -0.05) is 12.1 Å². The summed E-state index contributed by atoms with van der Waals surface area (Å²) in [5, 5.41) is 2.58. The first kappa shape index (κ1) is 17.1. The summed E-state index contributed by atoms with van der Waals surface area (Å²) in [7, 11) is 0. The third-order valence-electron chi connectivity index (χ3n) is 3.31. The first-order valence-corrected chi connectivity index (χ1v) is 8.79. The minimum atomic E-state index is -0.558. The van der Waals surface area contributed by atoms with Crippen molar-refractivity contribution in [2.75, 3.05) is 4.90 Å². The molecule has 1 aliphatic rings. The molecule has 24 heavy (non-hydrogen) atoms. The topological polar surface area (TPSA) is 62.6 Å². The minimum Gasteiger partial charge on any atom is -0.449 e. The van der Waals surface area contributed by atoms with Crippen LogP contribution in [0, 0.1) is 6.92 Å². The van der Waals surface area contributed by atoms with E-state index in [-0.39, 0.29) is 10.7 Å². The highest BCUT2D eigenvalue weighted by molar-refractivity contribution is 9.13. The molecule has 5 nitrogen and oxygen atoms in total. The number of anilines is 1. The summed E-state index contributed by atoms with van der Waals surface area (Å²) in [6.45, 7) is 1.91. The Morgan fingerprint density at radius 3 is 2.62 bits per heavy atom. The molecule has 0 bridgehead atoms. The van der Waals surface area contributed by atoms with Gasteiger partial charge in [0.25, 0.3) is 11.8 Å². The second kappa shape index (κ2) is 6.62. The van der Waals surface area contributed by atoms with Gasteiger partial charge in [-0.2, -0.15) is 0 Å². The molecule has 1 aromatic heterocycles. The van der Waals surface area contributed by atoms with Crippen molar-refractivity contribution in [1.29, 1.82) is 0 Å². The molecule has 1 aliphatic heterocycles. The van der Waals surface area contributed by atoms with Gasteiger partial charge in [0.1, 0.15) is 11.3 Å². The standard InChI is InChI=1S/C16H10Br2N2O3S/c1-8-3-2-4-9(5-8)20-15(22)11(14(21)19-16(20)24)6-10-7-12(17)13(18)23-10/h2-7H,1H3,(H,19,21,24)/b11-6+. The zero-order valence-corrected chi connectivity index (χ0v) is 16.3. The average molecular weight is 470 g/mol. The summed E-state index contributed by atoms with van der Waals surface area (Å²) in [6, 6.07) is 8.96. The van der Waals surface area contributed by atoms with Crippen LogP contribution in [0.15, 0.2) is 49.5 Å². The summed E-state index contributed by atoms with van der Waals surface area (Å²) < 4.78 is 6.57. The van der Waals surface area contributed by atoms with Gasteiger partial charge >= 0.3 is 0 Å². The van der Waals surface area contributed by atoms with Crippen LogP contribution in [-0.4, -0.2) is 16.9 Å². The Kier molecular flexibility index (Phi) is 4.71. The van der Waals surface area contributed by atoms with Gasteiger partial charge in [0, 0.05) is 0 Å². The third kappa shape index (κ3) is 3.22. The first-order valence-electron chi connectivity index (χ1n) is 6.80. The van der Waals surface area contributed by atoms with E-state index in [1.807, 2.05) is 25.1 Å². The number of rotatable bonds is 2. The van der Waals surface area contributed by atoms with Gasteiger partial charge in [-0.05, 0) is 80.8 Å². The van der Waals surface area contributed by atoms with Crippen molar-refractivity contribution in [3.63, 3.8) is 0 Å². The summed E-state index contributed by atoms with van der Waals surface area (Å²) >= 11 is 11.7. The Hall–Kier alpha value is -1.77. The summed E-state index contributed by atoms with van der Waals surface area (Å²) in [6.07, 6.45) is 1.39. The van der Waals surface area contributed by atoms with Crippen molar-refractivity contribution in [2.24, 2.45) is 0 Å². The zero-order valence-electron chi connectivity index (χ0n) is 12.3. The van der Waals surface area contributed by atoms with Crippen LogP contribution in [0.25, 0.3) is 6.08 Å². The van der Waals surface area contributed by atoms with Crippen LogP contribution in [0.1, 0.15) is 11.3 Å². The molecule has 2 heterocycles. The minimum absolute atomic E-state index is 0.0505. The SMILES string of the molecule is Cc1cccc(N2C(=O)/C(=C/c3cc(Br)c(Br)o3)C(=O)NC2=S)c1. The molecular formula is C16H10Br2N2O3S. The molecule has 0 unspecified atom stereocenters. The lowest BCUT2D eigenvalue weighted by atomic mass is 10.1. The Bertz CT molecular complexity index is 885. The molecular weight excluding hydrogens is 460 g/mol. The highest BCUT2D eigenvalue weighted by Crippen LogP contribution is 2.29. The van der Waals surface area contributed by atoms with Gasteiger partial charge in [0.2, 0.25) is 0 Å². The van der Waals surface area contributed by atoms with Crippen LogP contribution in [0.3, 0.4) is 0 Å². The highest BCUT2D eigenvalue weighted by Gasteiger charge is 2.34. The van der Waals surface area contributed by atoms with E-state index in [0.717, 1.165) is 5.56 Å². The number of carbonyl (C=O) groups is 2. The number of hydrogen-bond donors (Lipinski definition) is 1. The van der Waals surface area contributed by atoms with E-state index in [4.69, 9.17) is 16.6 Å². The Balaban J connectivity index is 2.03. The molecule has 0 aliphatic carbocycles. The van der Waals surface area contributed by atoms with Crippen molar-refractivity contribution in [3.05, 3.63) is 56.4 Å². The molecule has 1 saturated heterocycles. The molecule has 2 aromatic rings. The van der Waals surface area contributed by atoms with Gasteiger partial charge in [0.05, 0.1) is 10.2 Å². The molecule has 0 atom stereocenters. The molecule has 3 rings (SSSR count). The number of nitrogens with one attached hydrogen (secondary N) is 1. The number of carbonyl (C=O) groups excluding carboxylic acids is 2.